The number of hydrogen-bond acceptors (Lipinski definition) is 3. The number of hydrogen-bond donors (Lipinski definition) is 1. The summed E-state index contributed by atoms with van der Waals surface area (Å²) >= 11 is 8.86. The molecule has 0 aliphatic heterocycles. The molecule has 0 saturated carbocycles. The first-order chi connectivity index (χ1) is 9.95. The van der Waals surface area contributed by atoms with Crippen molar-refractivity contribution in [1.82, 2.24) is 4.98 Å². The molecule has 2 aromatic heterocycles. The summed E-state index contributed by atoms with van der Waals surface area (Å²) in [5, 5.41) is 9.43. The minimum atomic E-state index is -1.16. The lowest BCUT2D eigenvalue weighted by Crippen LogP contribution is -2.00. The van der Waals surface area contributed by atoms with Crippen molar-refractivity contribution in [2.24, 2.45) is 0 Å². The van der Waals surface area contributed by atoms with Gasteiger partial charge in [-0.05, 0) is 40.2 Å². The van der Waals surface area contributed by atoms with Crippen LogP contribution in [-0.4, -0.2) is 16.1 Å². The van der Waals surface area contributed by atoms with Gasteiger partial charge in [0, 0.05) is 11.5 Å². The molecule has 0 unspecified atom stereocenters. The van der Waals surface area contributed by atoms with E-state index < -0.39 is 11.8 Å². The lowest BCUT2D eigenvalue weighted by Gasteiger charge is -2.06. The third-order valence-electron chi connectivity index (χ3n) is 2.91. The van der Waals surface area contributed by atoms with Crippen LogP contribution in [0.4, 0.5) is 4.39 Å². The lowest BCUT2D eigenvalue weighted by molar-refractivity contribution is 0.0699. The molecular weight excluding hydrogens is 365 g/mol. The van der Waals surface area contributed by atoms with Gasteiger partial charge in [0.15, 0.2) is 10.4 Å². The third kappa shape index (κ3) is 2.52. The van der Waals surface area contributed by atoms with Crippen molar-refractivity contribution in [2.75, 3.05) is 0 Å². The van der Waals surface area contributed by atoms with Gasteiger partial charge in [0.2, 0.25) is 0 Å². The molecular formula is C14H6BrClFNO3. The van der Waals surface area contributed by atoms with Crippen LogP contribution in [0.2, 0.25) is 5.02 Å². The maximum atomic E-state index is 13.6. The Hall–Kier alpha value is -1.92. The normalized spacial score (nSPS) is 11.0. The molecule has 21 heavy (non-hydrogen) atoms. The fraction of sp³-hybridized carbons (Fsp3) is 0. The number of fused-ring (bicyclic) bond motifs is 1. The van der Waals surface area contributed by atoms with Crippen LogP contribution in [0.15, 0.2) is 39.4 Å². The maximum Gasteiger partial charge on any atom is 0.336 e. The summed E-state index contributed by atoms with van der Waals surface area (Å²) < 4.78 is 19.4. The first-order valence-corrected chi connectivity index (χ1v) is 6.91. The van der Waals surface area contributed by atoms with E-state index in [2.05, 4.69) is 20.9 Å². The molecule has 0 radical (unpaired) electrons. The Labute approximate surface area is 131 Å². The molecule has 0 aliphatic rings. The van der Waals surface area contributed by atoms with Gasteiger partial charge in [-0.25, -0.2) is 14.2 Å². The van der Waals surface area contributed by atoms with Gasteiger partial charge >= 0.3 is 5.97 Å². The molecule has 0 amide bonds. The molecule has 7 heteroatoms. The Bertz CT molecular complexity index is 878. The van der Waals surface area contributed by atoms with Crippen LogP contribution in [0, 0.1) is 5.82 Å². The molecule has 0 spiro atoms. The number of benzene rings is 1. The second-order valence-electron chi connectivity index (χ2n) is 4.25. The number of pyridine rings is 1. The molecule has 3 aromatic rings. The third-order valence-corrected chi connectivity index (χ3v) is 3.62. The number of aromatic carboxylic acids is 1. The molecule has 2 heterocycles. The topological polar surface area (TPSA) is 63.3 Å². The van der Waals surface area contributed by atoms with Crippen molar-refractivity contribution < 1.29 is 18.7 Å². The number of halogens is 3. The van der Waals surface area contributed by atoms with Gasteiger partial charge in [-0.2, -0.15) is 0 Å². The number of carboxylic acid groups (broad SMARTS) is 1. The predicted molar refractivity (Wildman–Crippen MR) is 79.1 cm³/mol. The highest BCUT2D eigenvalue weighted by molar-refractivity contribution is 9.10. The van der Waals surface area contributed by atoms with Gasteiger partial charge < -0.3 is 9.52 Å². The van der Waals surface area contributed by atoms with Crippen molar-refractivity contribution in [2.45, 2.75) is 0 Å². The second-order valence-corrected chi connectivity index (χ2v) is 5.44. The van der Waals surface area contributed by atoms with Gasteiger partial charge in [0.05, 0.1) is 16.1 Å². The molecule has 1 aromatic carbocycles. The number of carbonyl (C=O) groups is 1. The quantitative estimate of drug-likeness (QED) is 0.707. The molecule has 0 fully saturated rings. The number of furan rings is 1. The van der Waals surface area contributed by atoms with E-state index >= 15 is 0 Å². The van der Waals surface area contributed by atoms with E-state index in [-0.39, 0.29) is 21.5 Å². The number of nitrogens with zero attached hydrogens (tertiary/aromatic N) is 1. The van der Waals surface area contributed by atoms with E-state index in [1.165, 1.54) is 12.1 Å². The summed E-state index contributed by atoms with van der Waals surface area (Å²) in [6.07, 6.45) is 0. The monoisotopic (exact) mass is 369 g/mol. The van der Waals surface area contributed by atoms with Crippen LogP contribution in [0.25, 0.3) is 22.4 Å². The largest absolute Gasteiger partial charge is 0.478 e. The highest BCUT2D eigenvalue weighted by atomic mass is 79.9. The van der Waals surface area contributed by atoms with Crippen LogP contribution < -0.4 is 0 Å². The van der Waals surface area contributed by atoms with E-state index in [4.69, 9.17) is 16.0 Å². The van der Waals surface area contributed by atoms with E-state index in [0.717, 1.165) is 6.07 Å². The van der Waals surface area contributed by atoms with Gasteiger partial charge in [0.1, 0.15) is 11.5 Å². The first kappa shape index (κ1) is 14.0. The summed E-state index contributed by atoms with van der Waals surface area (Å²) in [4.78, 5) is 15.6. The maximum absolute atomic E-state index is 13.6. The van der Waals surface area contributed by atoms with E-state index in [0.29, 0.717) is 16.1 Å². The van der Waals surface area contributed by atoms with Crippen LogP contribution in [0.5, 0.6) is 0 Å². The molecule has 106 valence electrons. The standard InChI is InChI=1S/C14H6BrClFNO3/c15-13-2-1-12(21-13)11-4-7(14(19)20)6-3-8(16)9(17)5-10(6)18-11/h1-5H,(H,19,20). The summed E-state index contributed by atoms with van der Waals surface area (Å²) in [7, 11) is 0. The number of rotatable bonds is 2. The summed E-state index contributed by atoms with van der Waals surface area (Å²) in [5.41, 5.74) is 0.469. The zero-order valence-electron chi connectivity index (χ0n) is 10.2. The van der Waals surface area contributed by atoms with Crippen molar-refractivity contribution in [3.63, 3.8) is 0 Å². The molecule has 1 N–H and O–H groups in total. The Kier molecular flexibility index (Phi) is 3.43. The van der Waals surface area contributed by atoms with Crippen LogP contribution >= 0.6 is 27.5 Å². The Morgan fingerprint density at radius 1 is 1.33 bits per heavy atom. The fourth-order valence-corrected chi connectivity index (χ4v) is 2.45. The lowest BCUT2D eigenvalue weighted by atomic mass is 10.1. The van der Waals surface area contributed by atoms with Crippen molar-refractivity contribution in [3.05, 3.63) is 51.4 Å². The number of aromatic nitrogens is 1. The van der Waals surface area contributed by atoms with E-state index in [1.54, 1.807) is 12.1 Å². The average Bonchev–Trinajstić information content (AvgIpc) is 2.85. The van der Waals surface area contributed by atoms with Crippen molar-refractivity contribution in [1.29, 1.82) is 0 Å². The minimum Gasteiger partial charge on any atom is -0.478 e. The van der Waals surface area contributed by atoms with Crippen LogP contribution in [0.3, 0.4) is 0 Å². The second kappa shape index (κ2) is 5.13. The van der Waals surface area contributed by atoms with Crippen LogP contribution in [0.1, 0.15) is 10.4 Å². The fourth-order valence-electron chi connectivity index (χ4n) is 1.98. The molecule has 0 aliphatic carbocycles. The van der Waals surface area contributed by atoms with Crippen molar-refractivity contribution >= 4 is 44.4 Å². The Morgan fingerprint density at radius 2 is 2.10 bits per heavy atom. The highest BCUT2D eigenvalue weighted by Crippen LogP contribution is 2.30. The van der Waals surface area contributed by atoms with Gasteiger partial charge in [-0.3, -0.25) is 0 Å². The zero-order valence-corrected chi connectivity index (χ0v) is 12.6. The van der Waals surface area contributed by atoms with Crippen molar-refractivity contribution in [3.8, 4) is 11.5 Å². The van der Waals surface area contributed by atoms with Gasteiger partial charge in [-0.15, -0.1) is 0 Å². The van der Waals surface area contributed by atoms with Gasteiger partial charge in [-0.1, -0.05) is 11.6 Å². The minimum absolute atomic E-state index is 0.0237. The molecule has 3 rings (SSSR count). The summed E-state index contributed by atoms with van der Waals surface area (Å²) in [5.74, 6) is -1.44. The summed E-state index contributed by atoms with van der Waals surface area (Å²) in [6, 6.07) is 7.01. The van der Waals surface area contributed by atoms with Crippen LogP contribution in [-0.2, 0) is 0 Å². The SMILES string of the molecule is O=C(O)c1cc(-c2ccc(Br)o2)nc2cc(F)c(Cl)cc12. The molecule has 4 nitrogen and oxygen atoms in total. The Morgan fingerprint density at radius 3 is 2.71 bits per heavy atom. The highest BCUT2D eigenvalue weighted by Gasteiger charge is 2.16. The van der Waals surface area contributed by atoms with Gasteiger partial charge in [0.25, 0.3) is 0 Å². The number of carboxylic acids is 1. The zero-order chi connectivity index (χ0) is 15.1. The average molecular weight is 371 g/mol. The first-order valence-electron chi connectivity index (χ1n) is 5.74. The predicted octanol–water partition coefficient (Wildman–Crippen LogP) is 4.75. The summed E-state index contributed by atoms with van der Waals surface area (Å²) in [6.45, 7) is 0. The molecule has 0 bridgehead atoms. The Balaban J connectivity index is 2.34. The molecule has 0 atom stereocenters. The van der Waals surface area contributed by atoms with E-state index in [9.17, 15) is 14.3 Å². The van der Waals surface area contributed by atoms with E-state index in [1.807, 2.05) is 0 Å². The molecule has 0 saturated heterocycles. The smallest absolute Gasteiger partial charge is 0.336 e.